The lowest BCUT2D eigenvalue weighted by Gasteiger charge is -2.11. The van der Waals surface area contributed by atoms with Gasteiger partial charge in [-0.2, -0.15) is 0 Å². The molecule has 0 aliphatic rings. The molecule has 0 atom stereocenters. The molecule has 3 rings (SSSR count). The number of nitrogen functional groups attached to an aromatic ring is 1. The van der Waals surface area contributed by atoms with Gasteiger partial charge in [-0.3, -0.25) is 4.79 Å². The van der Waals surface area contributed by atoms with E-state index in [9.17, 15) is 4.79 Å². The van der Waals surface area contributed by atoms with Gasteiger partial charge < -0.3 is 10.6 Å². The van der Waals surface area contributed by atoms with Gasteiger partial charge in [-0.05, 0) is 36.4 Å². The predicted octanol–water partition coefficient (Wildman–Crippen LogP) is 3.65. The average Bonchev–Trinajstić information content (AvgIpc) is 2.51. The molecule has 0 unspecified atom stereocenters. The van der Waals surface area contributed by atoms with Gasteiger partial charge in [-0.25, -0.2) is 9.66 Å². The van der Waals surface area contributed by atoms with Crippen molar-refractivity contribution in [3.8, 4) is 5.75 Å². The highest BCUT2D eigenvalue weighted by atomic mass is 35.5. The van der Waals surface area contributed by atoms with Crippen molar-refractivity contribution in [1.82, 2.24) is 9.66 Å². The minimum absolute atomic E-state index is 0.0222. The Kier molecular flexibility index (Phi) is 4.35. The van der Waals surface area contributed by atoms with Crippen LogP contribution in [0.15, 0.2) is 41.2 Å². The Balaban J connectivity index is 1.95. The van der Waals surface area contributed by atoms with E-state index in [0.717, 1.165) is 4.68 Å². The van der Waals surface area contributed by atoms with E-state index in [0.29, 0.717) is 31.7 Å². The minimum atomic E-state index is -0.404. The van der Waals surface area contributed by atoms with Crippen LogP contribution >= 0.6 is 34.8 Å². The highest BCUT2D eigenvalue weighted by molar-refractivity contribution is 6.35. The SMILES string of the molecule is Nn1c(COc2ccc(Cl)cc2Cl)nc2ccc(Cl)cc2c1=O. The number of fused-ring (bicyclic) bond motifs is 1. The summed E-state index contributed by atoms with van der Waals surface area (Å²) >= 11 is 17.8. The molecule has 8 heteroatoms. The topological polar surface area (TPSA) is 70.1 Å². The molecule has 1 heterocycles. The Bertz CT molecular complexity index is 957. The molecule has 0 aliphatic heterocycles. The fourth-order valence-electron chi connectivity index (χ4n) is 2.05. The number of rotatable bonds is 3. The van der Waals surface area contributed by atoms with Gasteiger partial charge in [0.15, 0.2) is 5.82 Å². The number of nitrogens with zero attached hydrogens (tertiary/aromatic N) is 2. The molecule has 0 radical (unpaired) electrons. The van der Waals surface area contributed by atoms with E-state index in [1.165, 1.54) is 6.07 Å². The summed E-state index contributed by atoms with van der Waals surface area (Å²) in [6, 6.07) is 9.66. The lowest BCUT2D eigenvalue weighted by Crippen LogP contribution is -2.32. The van der Waals surface area contributed by atoms with Crippen molar-refractivity contribution >= 4 is 45.7 Å². The molecule has 2 aromatic carbocycles. The van der Waals surface area contributed by atoms with Gasteiger partial charge >= 0.3 is 0 Å². The van der Waals surface area contributed by atoms with Crippen LogP contribution in [0, 0.1) is 0 Å². The summed E-state index contributed by atoms with van der Waals surface area (Å²) in [5, 5.41) is 1.64. The summed E-state index contributed by atoms with van der Waals surface area (Å²) in [7, 11) is 0. The monoisotopic (exact) mass is 369 g/mol. The largest absolute Gasteiger partial charge is 0.484 e. The highest BCUT2D eigenvalue weighted by Crippen LogP contribution is 2.28. The number of halogens is 3. The second-order valence-corrected chi connectivity index (χ2v) is 6.01. The van der Waals surface area contributed by atoms with Crippen molar-refractivity contribution in [2.24, 2.45) is 0 Å². The van der Waals surface area contributed by atoms with Crippen molar-refractivity contribution in [3.63, 3.8) is 0 Å². The summed E-state index contributed by atoms with van der Waals surface area (Å²) in [6.45, 7) is -0.0222. The van der Waals surface area contributed by atoms with Crippen molar-refractivity contribution in [3.05, 3.63) is 67.6 Å². The first-order chi connectivity index (χ1) is 11.0. The van der Waals surface area contributed by atoms with Crippen LogP contribution in [-0.4, -0.2) is 9.66 Å². The number of hydrogen-bond donors (Lipinski definition) is 1. The highest BCUT2D eigenvalue weighted by Gasteiger charge is 2.11. The van der Waals surface area contributed by atoms with Crippen LogP contribution < -0.4 is 16.1 Å². The molecule has 0 amide bonds. The maximum absolute atomic E-state index is 12.3. The van der Waals surface area contributed by atoms with Gasteiger partial charge in [0.1, 0.15) is 12.4 Å². The molecule has 2 N–H and O–H groups in total. The zero-order chi connectivity index (χ0) is 16.6. The Morgan fingerprint density at radius 2 is 1.78 bits per heavy atom. The first-order valence-electron chi connectivity index (χ1n) is 6.50. The van der Waals surface area contributed by atoms with Gasteiger partial charge in [-0.1, -0.05) is 34.8 Å². The second-order valence-electron chi connectivity index (χ2n) is 4.73. The normalized spacial score (nSPS) is 10.9. The summed E-state index contributed by atoms with van der Waals surface area (Å²) in [4.78, 5) is 16.6. The molecule has 0 aliphatic carbocycles. The Morgan fingerprint density at radius 1 is 1.09 bits per heavy atom. The molecule has 0 spiro atoms. The summed E-state index contributed by atoms with van der Waals surface area (Å²) in [5.41, 5.74) is 0.0835. The third-order valence-electron chi connectivity index (χ3n) is 3.19. The van der Waals surface area contributed by atoms with Gasteiger partial charge in [0.05, 0.1) is 15.9 Å². The van der Waals surface area contributed by atoms with E-state index in [1.807, 2.05) is 0 Å². The van der Waals surface area contributed by atoms with Crippen LogP contribution in [-0.2, 0) is 6.61 Å². The van der Waals surface area contributed by atoms with Gasteiger partial charge in [0.25, 0.3) is 5.56 Å². The Labute approximate surface area is 146 Å². The van der Waals surface area contributed by atoms with E-state index in [4.69, 9.17) is 45.4 Å². The molecule has 0 saturated heterocycles. The number of aromatic nitrogens is 2. The molecular weight excluding hydrogens is 361 g/mol. The van der Waals surface area contributed by atoms with Crippen LogP contribution in [0.2, 0.25) is 15.1 Å². The molecule has 3 aromatic rings. The van der Waals surface area contributed by atoms with E-state index in [-0.39, 0.29) is 12.4 Å². The summed E-state index contributed by atoms with van der Waals surface area (Å²) < 4.78 is 6.50. The fourth-order valence-corrected chi connectivity index (χ4v) is 2.69. The van der Waals surface area contributed by atoms with Crippen LogP contribution in [0.25, 0.3) is 10.9 Å². The average molecular weight is 371 g/mol. The lowest BCUT2D eigenvalue weighted by atomic mass is 10.2. The summed E-state index contributed by atoms with van der Waals surface area (Å²) in [5.74, 6) is 6.47. The Morgan fingerprint density at radius 3 is 2.52 bits per heavy atom. The smallest absolute Gasteiger partial charge is 0.279 e. The van der Waals surface area contributed by atoms with Crippen LogP contribution in [0.3, 0.4) is 0 Å². The van der Waals surface area contributed by atoms with Crippen LogP contribution in [0.5, 0.6) is 5.75 Å². The Hall–Kier alpha value is -1.95. The third kappa shape index (κ3) is 3.22. The zero-order valence-corrected chi connectivity index (χ0v) is 13.9. The molecule has 0 fully saturated rings. The number of ether oxygens (including phenoxy) is 1. The van der Waals surface area contributed by atoms with Crippen molar-refractivity contribution < 1.29 is 4.74 Å². The first kappa shape index (κ1) is 15.9. The zero-order valence-electron chi connectivity index (χ0n) is 11.6. The van der Waals surface area contributed by atoms with Gasteiger partial charge in [0, 0.05) is 10.0 Å². The quantitative estimate of drug-likeness (QED) is 0.714. The molecule has 1 aromatic heterocycles. The van der Waals surface area contributed by atoms with E-state index >= 15 is 0 Å². The van der Waals surface area contributed by atoms with Crippen molar-refractivity contribution in [1.29, 1.82) is 0 Å². The molecular formula is C15H10Cl3N3O2. The number of nitrogens with two attached hydrogens (primary N) is 1. The van der Waals surface area contributed by atoms with Gasteiger partial charge in [-0.15, -0.1) is 0 Å². The molecule has 5 nitrogen and oxygen atoms in total. The van der Waals surface area contributed by atoms with E-state index < -0.39 is 5.56 Å². The molecule has 0 saturated carbocycles. The number of hydrogen-bond acceptors (Lipinski definition) is 4. The fraction of sp³-hybridized carbons (Fsp3) is 0.0667. The van der Waals surface area contributed by atoms with E-state index in [1.54, 1.807) is 30.3 Å². The van der Waals surface area contributed by atoms with E-state index in [2.05, 4.69) is 4.98 Å². The second kappa shape index (κ2) is 6.28. The van der Waals surface area contributed by atoms with Gasteiger partial charge in [0.2, 0.25) is 0 Å². The maximum Gasteiger partial charge on any atom is 0.279 e. The summed E-state index contributed by atoms with van der Waals surface area (Å²) in [6.07, 6.45) is 0. The predicted molar refractivity (Wildman–Crippen MR) is 92.0 cm³/mol. The minimum Gasteiger partial charge on any atom is -0.484 e. The molecule has 23 heavy (non-hydrogen) atoms. The van der Waals surface area contributed by atoms with Crippen molar-refractivity contribution in [2.75, 3.05) is 5.84 Å². The number of benzene rings is 2. The molecule has 0 bridgehead atoms. The first-order valence-corrected chi connectivity index (χ1v) is 7.63. The third-order valence-corrected chi connectivity index (χ3v) is 3.95. The molecule has 118 valence electrons. The lowest BCUT2D eigenvalue weighted by molar-refractivity contribution is 0.291. The van der Waals surface area contributed by atoms with Crippen LogP contribution in [0.4, 0.5) is 0 Å². The standard InChI is InChI=1S/C15H10Cl3N3O2/c16-8-1-3-12-10(5-8)15(22)21(19)14(20-12)7-23-13-4-2-9(17)6-11(13)18/h1-6H,7,19H2. The maximum atomic E-state index is 12.3. The van der Waals surface area contributed by atoms with Crippen LogP contribution in [0.1, 0.15) is 5.82 Å². The van der Waals surface area contributed by atoms with Crippen molar-refractivity contribution in [2.45, 2.75) is 6.61 Å².